The third-order valence-corrected chi connectivity index (χ3v) is 8.08. The van der Waals surface area contributed by atoms with Crippen molar-refractivity contribution in [3.8, 4) is 5.75 Å². The second-order valence-corrected chi connectivity index (χ2v) is 10.1. The number of nitro benzene ring substituents is 1. The number of ether oxygens (including phenoxy) is 1. The summed E-state index contributed by atoms with van der Waals surface area (Å²) in [7, 11) is 0. The van der Waals surface area contributed by atoms with Crippen molar-refractivity contribution in [3.63, 3.8) is 0 Å². The van der Waals surface area contributed by atoms with Crippen molar-refractivity contribution >= 4 is 39.6 Å². The van der Waals surface area contributed by atoms with Gasteiger partial charge in [-0.25, -0.2) is 0 Å². The zero-order valence-electron chi connectivity index (χ0n) is 17.9. The van der Waals surface area contributed by atoms with E-state index in [0.29, 0.717) is 27.6 Å². The number of amides is 2. The van der Waals surface area contributed by atoms with Crippen LogP contribution in [0.25, 0.3) is 0 Å². The quantitative estimate of drug-likeness (QED) is 0.185. The molecule has 0 unspecified atom stereocenters. The van der Waals surface area contributed by atoms with Crippen LogP contribution >= 0.6 is 15.9 Å². The van der Waals surface area contributed by atoms with Gasteiger partial charge in [0.15, 0.2) is 0 Å². The first-order valence-corrected chi connectivity index (χ1v) is 12.0. The van der Waals surface area contributed by atoms with Crippen LogP contribution < -0.4 is 4.74 Å². The van der Waals surface area contributed by atoms with Crippen LogP contribution in [0.5, 0.6) is 5.75 Å². The first-order chi connectivity index (χ1) is 16.4. The minimum atomic E-state index is -0.442. The van der Waals surface area contributed by atoms with E-state index in [1.807, 2.05) is 0 Å². The van der Waals surface area contributed by atoms with E-state index in [2.05, 4.69) is 33.2 Å². The van der Waals surface area contributed by atoms with E-state index in [4.69, 9.17) is 4.74 Å². The number of carbonyl (C=O) groups is 2. The molecule has 5 aliphatic rings. The number of nitro groups is 1. The molecular formula is C25H20BrN3O5. The molecule has 6 atom stereocenters. The van der Waals surface area contributed by atoms with Gasteiger partial charge in [-0.3, -0.25) is 19.7 Å². The van der Waals surface area contributed by atoms with Crippen LogP contribution in [-0.4, -0.2) is 28.0 Å². The van der Waals surface area contributed by atoms with E-state index in [0.717, 1.165) is 17.0 Å². The normalized spacial score (nSPS) is 30.6. The number of hydrogen-bond acceptors (Lipinski definition) is 6. The highest BCUT2D eigenvalue weighted by Gasteiger charge is 2.67. The molecular weight excluding hydrogens is 502 g/mol. The summed E-state index contributed by atoms with van der Waals surface area (Å²) < 4.78 is 6.50. The number of benzene rings is 2. The summed E-state index contributed by atoms with van der Waals surface area (Å²) in [5, 5.41) is 16.1. The topological polar surface area (TPSA) is 102 Å². The average Bonchev–Trinajstić information content (AvgIpc) is 3.62. The number of allylic oxidation sites excluding steroid dienone is 2. The summed E-state index contributed by atoms with van der Waals surface area (Å²) in [6.45, 7) is 0.252. The maximum Gasteiger partial charge on any atom is 0.269 e. The molecule has 0 spiro atoms. The fourth-order valence-corrected chi connectivity index (χ4v) is 6.28. The molecule has 0 N–H and O–H groups in total. The molecule has 1 heterocycles. The number of rotatable bonds is 6. The zero-order chi connectivity index (χ0) is 23.6. The second-order valence-electron chi connectivity index (χ2n) is 9.29. The van der Waals surface area contributed by atoms with Gasteiger partial charge in [0, 0.05) is 12.1 Å². The molecule has 1 saturated heterocycles. The Balaban J connectivity index is 1.12. The van der Waals surface area contributed by atoms with Crippen molar-refractivity contribution in [1.82, 2.24) is 5.01 Å². The largest absolute Gasteiger partial charge is 0.488 e. The third kappa shape index (κ3) is 3.37. The summed E-state index contributed by atoms with van der Waals surface area (Å²) in [5.74, 6) is 1.19. The van der Waals surface area contributed by atoms with Gasteiger partial charge in [-0.1, -0.05) is 12.2 Å². The van der Waals surface area contributed by atoms with Crippen LogP contribution in [0.15, 0.2) is 64.2 Å². The van der Waals surface area contributed by atoms with Crippen LogP contribution in [0.1, 0.15) is 17.5 Å². The SMILES string of the molecule is O=C1[C@@H]2[C@H]3C=C[C@@H]([C@@H]4C[C@H]34)[C@H]2C(=O)N1/N=C\c1ccc(OCc2ccc([N+](=O)[O-])cc2)c(Br)c1. The lowest BCUT2D eigenvalue weighted by Crippen LogP contribution is -2.40. The van der Waals surface area contributed by atoms with Crippen LogP contribution in [0.2, 0.25) is 0 Å². The molecule has 4 aliphatic carbocycles. The lowest BCUT2D eigenvalue weighted by molar-refractivity contribution is -0.384. The predicted molar refractivity (Wildman–Crippen MR) is 126 cm³/mol. The van der Waals surface area contributed by atoms with Gasteiger partial charge in [0.1, 0.15) is 12.4 Å². The Morgan fingerprint density at radius 1 is 1.06 bits per heavy atom. The Morgan fingerprint density at radius 3 is 2.29 bits per heavy atom. The summed E-state index contributed by atoms with van der Waals surface area (Å²) in [6.07, 6.45) is 6.94. The van der Waals surface area contributed by atoms with Crippen molar-refractivity contribution < 1.29 is 19.2 Å². The maximum absolute atomic E-state index is 13.0. The predicted octanol–water partition coefficient (Wildman–Crippen LogP) is 4.32. The molecule has 2 saturated carbocycles. The van der Waals surface area contributed by atoms with Gasteiger partial charge in [-0.2, -0.15) is 10.1 Å². The van der Waals surface area contributed by atoms with E-state index in [1.54, 1.807) is 30.3 Å². The summed E-state index contributed by atoms with van der Waals surface area (Å²) in [5.41, 5.74) is 1.55. The highest BCUT2D eigenvalue weighted by Crippen LogP contribution is 2.65. The number of halogens is 1. The minimum absolute atomic E-state index is 0.0310. The van der Waals surface area contributed by atoms with E-state index < -0.39 is 4.92 Å². The van der Waals surface area contributed by atoms with Crippen molar-refractivity contribution in [2.75, 3.05) is 0 Å². The summed E-state index contributed by atoms with van der Waals surface area (Å²) in [6, 6.07) is 11.5. The summed E-state index contributed by atoms with van der Waals surface area (Å²) in [4.78, 5) is 36.4. The monoisotopic (exact) mass is 521 g/mol. The molecule has 2 amide bonds. The molecule has 0 radical (unpaired) electrons. The van der Waals surface area contributed by atoms with Crippen LogP contribution in [-0.2, 0) is 16.2 Å². The molecule has 2 bridgehead atoms. The summed E-state index contributed by atoms with van der Waals surface area (Å²) >= 11 is 3.48. The standard InChI is InChI=1S/C25H20BrN3O5/c26-20-9-14(3-8-21(20)34-12-13-1-4-15(5-2-13)29(32)33)11-27-28-24(30)22-16-6-7-17(19-10-18(16)19)23(22)25(28)31/h1-9,11,16-19,22-23H,10,12H2/b27-11-/t16-,17-,18-,19+,22+,23+/m0/s1. The molecule has 1 aliphatic heterocycles. The molecule has 34 heavy (non-hydrogen) atoms. The molecule has 172 valence electrons. The molecule has 7 rings (SSSR count). The number of hydrogen-bond donors (Lipinski definition) is 0. The number of non-ortho nitro benzene ring substituents is 1. The second kappa shape index (κ2) is 7.87. The van der Waals surface area contributed by atoms with E-state index >= 15 is 0 Å². The van der Waals surface area contributed by atoms with E-state index in [-0.39, 0.29) is 47.8 Å². The van der Waals surface area contributed by atoms with E-state index in [9.17, 15) is 19.7 Å². The first-order valence-electron chi connectivity index (χ1n) is 11.2. The molecule has 2 aromatic carbocycles. The van der Waals surface area contributed by atoms with Gasteiger partial charge < -0.3 is 4.74 Å². The lowest BCUT2D eigenvalue weighted by Gasteiger charge is -2.37. The Morgan fingerprint density at radius 2 is 1.71 bits per heavy atom. The van der Waals surface area contributed by atoms with Crippen LogP contribution in [0.4, 0.5) is 5.69 Å². The van der Waals surface area contributed by atoms with Crippen molar-refractivity contribution in [3.05, 3.63) is 80.3 Å². The molecule has 9 heteroatoms. The van der Waals surface area contributed by atoms with Gasteiger partial charge >= 0.3 is 0 Å². The Hall–Kier alpha value is -3.33. The van der Waals surface area contributed by atoms with Gasteiger partial charge in [-0.05, 0) is 87.5 Å². The molecule has 3 fully saturated rings. The lowest BCUT2D eigenvalue weighted by atomic mass is 9.63. The van der Waals surface area contributed by atoms with Crippen molar-refractivity contribution in [2.24, 2.45) is 40.6 Å². The van der Waals surface area contributed by atoms with Crippen LogP contribution in [0.3, 0.4) is 0 Å². The van der Waals surface area contributed by atoms with Gasteiger partial charge in [-0.15, -0.1) is 0 Å². The molecule has 2 aromatic rings. The molecule has 8 nitrogen and oxygen atoms in total. The highest BCUT2D eigenvalue weighted by molar-refractivity contribution is 9.10. The van der Waals surface area contributed by atoms with E-state index in [1.165, 1.54) is 18.3 Å². The van der Waals surface area contributed by atoms with Crippen molar-refractivity contribution in [1.29, 1.82) is 0 Å². The smallest absolute Gasteiger partial charge is 0.269 e. The fourth-order valence-electron chi connectivity index (χ4n) is 5.77. The zero-order valence-corrected chi connectivity index (χ0v) is 19.5. The van der Waals surface area contributed by atoms with Crippen molar-refractivity contribution in [2.45, 2.75) is 13.0 Å². The minimum Gasteiger partial charge on any atom is -0.488 e. The average molecular weight is 522 g/mol. The third-order valence-electron chi connectivity index (χ3n) is 7.46. The Kier molecular flexibility index (Phi) is 4.91. The van der Waals surface area contributed by atoms with Crippen LogP contribution in [0, 0.1) is 45.6 Å². The highest BCUT2D eigenvalue weighted by atomic mass is 79.9. The van der Waals surface area contributed by atoms with Gasteiger partial charge in [0.05, 0.1) is 27.4 Å². The Bertz CT molecular complexity index is 1240. The maximum atomic E-state index is 13.0. The fraction of sp³-hybridized carbons (Fsp3) is 0.320. The first kappa shape index (κ1) is 21.2. The number of imide groups is 1. The van der Waals surface area contributed by atoms with Gasteiger partial charge in [0.2, 0.25) is 0 Å². The Labute approximate surface area is 203 Å². The number of carbonyl (C=O) groups excluding carboxylic acids is 2. The number of nitrogens with zero attached hydrogens (tertiary/aromatic N) is 3. The van der Waals surface area contributed by atoms with Gasteiger partial charge in [0.25, 0.3) is 17.5 Å². The number of hydrazone groups is 1. The molecule has 0 aromatic heterocycles.